The molecule has 22 heavy (non-hydrogen) atoms. The van der Waals surface area contributed by atoms with Gasteiger partial charge in [0, 0.05) is 25.6 Å². The third kappa shape index (κ3) is 4.55. The molecule has 1 aromatic carbocycles. The smallest absolute Gasteiger partial charge is 0.0589 e. The monoisotopic (exact) mass is 302 g/mol. The van der Waals surface area contributed by atoms with E-state index in [1.54, 1.807) is 7.11 Å². The zero-order valence-corrected chi connectivity index (χ0v) is 13.8. The van der Waals surface area contributed by atoms with E-state index in [4.69, 9.17) is 4.74 Å². The molecular formula is C19H30N2O. The highest BCUT2D eigenvalue weighted by Crippen LogP contribution is 2.40. The molecule has 0 bridgehead atoms. The van der Waals surface area contributed by atoms with Gasteiger partial charge in [-0.1, -0.05) is 30.3 Å². The van der Waals surface area contributed by atoms with Crippen LogP contribution in [0.4, 0.5) is 0 Å². The summed E-state index contributed by atoms with van der Waals surface area (Å²) in [6, 6.07) is 11.7. The van der Waals surface area contributed by atoms with Crippen molar-refractivity contribution in [3.63, 3.8) is 0 Å². The van der Waals surface area contributed by atoms with Crippen molar-refractivity contribution in [2.75, 3.05) is 39.9 Å². The number of nitrogens with one attached hydrogen (secondary N) is 1. The maximum Gasteiger partial charge on any atom is 0.0589 e. The predicted octanol–water partition coefficient (Wildman–Crippen LogP) is 2.88. The van der Waals surface area contributed by atoms with E-state index in [9.17, 15) is 0 Å². The van der Waals surface area contributed by atoms with Gasteiger partial charge in [-0.3, -0.25) is 0 Å². The Morgan fingerprint density at radius 3 is 2.68 bits per heavy atom. The third-order valence-electron chi connectivity index (χ3n) is 5.30. The standard InChI is InChI=1S/C19H30N2O/c1-22-14-13-21-11-8-16(9-12-21)7-10-20-19-15-18(19)17-5-3-2-4-6-17/h2-6,16,18-20H,7-15H2,1H3. The van der Waals surface area contributed by atoms with Crippen LogP contribution in [0.3, 0.4) is 0 Å². The van der Waals surface area contributed by atoms with Gasteiger partial charge in [0.2, 0.25) is 0 Å². The van der Waals surface area contributed by atoms with Crippen molar-refractivity contribution in [1.29, 1.82) is 0 Å². The Morgan fingerprint density at radius 1 is 1.18 bits per heavy atom. The first-order chi connectivity index (χ1) is 10.9. The Hall–Kier alpha value is -0.900. The van der Waals surface area contributed by atoms with Gasteiger partial charge >= 0.3 is 0 Å². The molecule has 1 aromatic rings. The Labute approximate surface area is 135 Å². The molecule has 1 N–H and O–H groups in total. The lowest BCUT2D eigenvalue weighted by molar-refractivity contribution is 0.118. The molecule has 0 spiro atoms. The SMILES string of the molecule is COCCN1CCC(CCNC2CC2c2ccccc2)CC1. The lowest BCUT2D eigenvalue weighted by Gasteiger charge is -2.31. The van der Waals surface area contributed by atoms with Gasteiger partial charge in [-0.15, -0.1) is 0 Å². The van der Waals surface area contributed by atoms with E-state index in [-0.39, 0.29) is 0 Å². The summed E-state index contributed by atoms with van der Waals surface area (Å²) < 4.78 is 5.16. The van der Waals surface area contributed by atoms with Gasteiger partial charge in [-0.25, -0.2) is 0 Å². The fourth-order valence-electron chi connectivity index (χ4n) is 3.68. The lowest BCUT2D eigenvalue weighted by atomic mass is 9.93. The minimum absolute atomic E-state index is 0.726. The summed E-state index contributed by atoms with van der Waals surface area (Å²) >= 11 is 0. The highest BCUT2D eigenvalue weighted by atomic mass is 16.5. The van der Waals surface area contributed by atoms with E-state index in [1.165, 1.54) is 50.9 Å². The molecule has 1 saturated heterocycles. The molecule has 122 valence electrons. The molecule has 3 nitrogen and oxygen atoms in total. The van der Waals surface area contributed by atoms with Crippen molar-refractivity contribution >= 4 is 0 Å². The van der Waals surface area contributed by atoms with Gasteiger partial charge in [0.1, 0.15) is 0 Å². The molecule has 1 aliphatic heterocycles. The normalized spacial score (nSPS) is 26.2. The van der Waals surface area contributed by atoms with Crippen molar-refractivity contribution in [3.05, 3.63) is 35.9 Å². The van der Waals surface area contributed by atoms with Crippen molar-refractivity contribution in [3.8, 4) is 0 Å². The number of ether oxygens (including phenoxy) is 1. The molecule has 3 heteroatoms. The van der Waals surface area contributed by atoms with Crippen molar-refractivity contribution in [2.45, 2.75) is 37.6 Å². The van der Waals surface area contributed by atoms with Crippen LogP contribution in [0, 0.1) is 5.92 Å². The van der Waals surface area contributed by atoms with Crippen LogP contribution >= 0.6 is 0 Å². The van der Waals surface area contributed by atoms with Gasteiger partial charge in [-0.05, 0) is 56.8 Å². The summed E-state index contributed by atoms with van der Waals surface area (Å²) in [6.07, 6.45) is 5.38. The number of benzene rings is 1. The van der Waals surface area contributed by atoms with Crippen molar-refractivity contribution in [2.24, 2.45) is 5.92 Å². The first-order valence-electron chi connectivity index (χ1n) is 8.86. The topological polar surface area (TPSA) is 24.5 Å². The second-order valence-corrected chi connectivity index (χ2v) is 6.88. The van der Waals surface area contributed by atoms with E-state index in [0.717, 1.165) is 31.0 Å². The number of hydrogen-bond donors (Lipinski definition) is 1. The number of methoxy groups -OCH3 is 1. The van der Waals surface area contributed by atoms with Crippen LogP contribution in [0.2, 0.25) is 0 Å². The fourth-order valence-corrected chi connectivity index (χ4v) is 3.68. The Bertz CT molecular complexity index is 428. The molecule has 3 rings (SSSR count). The lowest BCUT2D eigenvalue weighted by Crippen LogP contribution is -2.36. The van der Waals surface area contributed by atoms with E-state index in [1.807, 2.05) is 0 Å². The Kier molecular flexibility index (Phi) is 5.88. The molecule has 2 unspecified atom stereocenters. The zero-order valence-electron chi connectivity index (χ0n) is 13.8. The van der Waals surface area contributed by atoms with Crippen LogP contribution in [0.1, 0.15) is 37.2 Å². The van der Waals surface area contributed by atoms with Crippen LogP contribution in [0.15, 0.2) is 30.3 Å². The van der Waals surface area contributed by atoms with Crippen LogP contribution in [0.25, 0.3) is 0 Å². The maximum absolute atomic E-state index is 5.16. The molecule has 2 atom stereocenters. The summed E-state index contributed by atoms with van der Waals surface area (Å²) in [5.74, 6) is 1.68. The second kappa shape index (κ2) is 8.09. The third-order valence-corrected chi connectivity index (χ3v) is 5.30. The van der Waals surface area contributed by atoms with Gasteiger partial charge < -0.3 is 15.0 Å². The summed E-state index contributed by atoms with van der Waals surface area (Å²) in [7, 11) is 1.79. The number of rotatable bonds is 8. The van der Waals surface area contributed by atoms with E-state index < -0.39 is 0 Å². The predicted molar refractivity (Wildman–Crippen MR) is 91.2 cm³/mol. The number of piperidine rings is 1. The highest BCUT2D eigenvalue weighted by molar-refractivity contribution is 5.27. The minimum Gasteiger partial charge on any atom is -0.383 e. The minimum atomic E-state index is 0.726. The fraction of sp³-hybridized carbons (Fsp3) is 0.684. The molecule has 1 saturated carbocycles. The highest BCUT2D eigenvalue weighted by Gasteiger charge is 2.37. The van der Waals surface area contributed by atoms with Gasteiger partial charge in [0.15, 0.2) is 0 Å². The number of likely N-dealkylation sites (tertiary alicyclic amines) is 1. The van der Waals surface area contributed by atoms with Crippen molar-refractivity contribution in [1.82, 2.24) is 10.2 Å². The molecule has 0 radical (unpaired) electrons. The summed E-state index contributed by atoms with van der Waals surface area (Å²) in [5.41, 5.74) is 1.51. The van der Waals surface area contributed by atoms with Crippen LogP contribution < -0.4 is 5.32 Å². The first-order valence-corrected chi connectivity index (χ1v) is 8.86. The number of nitrogens with zero attached hydrogens (tertiary/aromatic N) is 1. The quantitative estimate of drug-likeness (QED) is 0.799. The first kappa shape index (κ1) is 16.0. The second-order valence-electron chi connectivity index (χ2n) is 6.88. The molecule has 0 aromatic heterocycles. The average Bonchev–Trinajstić information content (AvgIpc) is 3.34. The molecule has 2 fully saturated rings. The van der Waals surface area contributed by atoms with E-state index >= 15 is 0 Å². The summed E-state index contributed by atoms with van der Waals surface area (Å²) in [4.78, 5) is 2.54. The molecular weight excluding hydrogens is 272 g/mol. The van der Waals surface area contributed by atoms with E-state index in [0.29, 0.717) is 0 Å². The van der Waals surface area contributed by atoms with Crippen LogP contribution in [-0.4, -0.2) is 50.8 Å². The molecule has 1 heterocycles. The van der Waals surface area contributed by atoms with Crippen LogP contribution in [0.5, 0.6) is 0 Å². The summed E-state index contributed by atoms with van der Waals surface area (Å²) in [5, 5.41) is 3.76. The molecule has 0 amide bonds. The van der Waals surface area contributed by atoms with Crippen molar-refractivity contribution < 1.29 is 4.74 Å². The van der Waals surface area contributed by atoms with Gasteiger partial charge in [0.05, 0.1) is 6.61 Å². The van der Waals surface area contributed by atoms with Gasteiger partial charge in [-0.2, -0.15) is 0 Å². The number of hydrogen-bond acceptors (Lipinski definition) is 3. The largest absolute Gasteiger partial charge is 0.383 e. The maximum atomic E-state index is 5.16. The zero-order chi connectivity index (χ0) is 15.2. The summed E-state index contributed by atoms with van der Waals surface area (Å²) in [6.45, 7) is 5.67. The molecule has 1 aliphatic carbocycles. The van der Waals surface area contributed by atoms with E-state index in [2.05, 4.69) is 40.5 Å². The van der Waals surface area contributed by atoms with Gasteiger partial charge in [0.25, 0.3) is 0 Å². The average molecular weight is 302 g/mol. The Balaban J connectivity index is 1.28. The Morgan fingerprint density at radius 2 is 1.95 bits per heavy atom. The van der Waals surface area contributed by atoms with Crippen LogP contribution in [-0.2, 0) is 4.74 Å². The molecule has 2 aliphatic rings.